The number of carbonyl (C=O) groups is 3. The summed E-state index contributed by atoms with van der Waals surface area (Å²) in [6, 6.07) is -0.596. The van der Waals surface area contributed by atoms with Crippen LogP contribution in [0.4, 0.5) is 4.79 Å². The van der Waals surface area contributed by atoms with Crippen molar-refractivity contribution in [2.45, 2.75) is 63.6 Å². The number of hydrogen-bond acceptors (Lipinski definition) is 4. The number of nitrogens with zero attached hydrogens (tertiary/aromatic N) is 2. The molecule has 1 aliphatic carbocycles. The van der Waals surface area contributed by atoms with E-state index in [-0.39, 0.29) is 24.5 Å². The smallest absolute Gasteiger partial charge is 0.325 e. The zero-order valence-corrected chi connectivity index (χ0v) is 13.7. The van der Waals surface area contributed by atoms with E-state index in [1.165, 1.54) is 11.3 Å². The lowest BCUT2D eigenvalue weighted by atomic mass is 9.85. The van der Waals surface area contributed by atoms with Gasteiger partial charge in [0, 0.05) is 19.1 Å². The minimum Gasteiger partial charge on any atom is -0.480 e. The van der Waals surface area contributed by atoms with E-state index in [4.69, 9.17) is 0 Å². The summed E-state index contributed by atoms with van der Waals surface area (Å²) < 4.78 is 0. The Balaban J connectivity index is 1.69. The molecule has 3 fully saturated rings. The SMILES string of the molecule is CC1(C)NC(=O)N(CCN2[C@@H]3CCCC[C@H]3C[C@H]2C(=O)O)C1=O. The molecule has 3 rings (SSSR count). The number of nitrogens with one attached hydrogen (secondary N) is 1. The van der Waals surface area contributed by atoms with Crippen molar-refractivity contribution < 1.29 is 19.5 Å². The molecule has 7 heteroatoms. The van der Waals surface area contributed by atoms with E-state index in [0.29, 0.717) is 18.9 Å². The quantitative estimate of drug-likeness (QED) is 0.754. The second kappa shape index (κ2) is 5.78. The Labute approximate surface area is 136 Å². The van der Waals surface area contributed by atoms with Crippen LogP contribution in [0.5, 0.6) is 0 Å². The van der Waals surface area contributed by atoms with Crippen molar-refractivity contribution in [1.29, 1.82) is 0 Å². The van der Waals surface area contributed by atoms with Gasteiger partial charge >= 0.3 is 12.0 Å². The second-order valence-electron chi connectivity index (χ2n) is 7.45. The van der Waals surface area contributed by atoms with Crippen LogP contribution in [-0.4, -0.2) is 63.5 Å². The average Bonchev–Trinajstić information content (AvgIpc) is 2.94. The Morgan fingerprint density at radius 2 is 1.96 bits per heavy atom. The summed E-state index contributed by atoms with van der Waals surface area (Å²) >= 11 is 0. The molecule has 1 saturated carbocycles. The number of hydrogen-bond donors (Lipinski definition) is 2. The monoisotopic (exact) mass is 323 g/mol. The number of carbonyl (C=O) groups excluding carboxylic acids is 2. The highest BCUT2D eigenvalue weighted by molar-refractivity contribution is 6.06. The van der Waals surface area contributed by atoms with Crippen LogP contribution < -0.4 is 5.32 Å². The zero-order valence-electron chi connectivity index (χ0n) is 13.7. The summed E-state index contributed by atoms with van der Waals surface area (Å²) in [5.41, 5.74) is -0.873. The molecule has 2 heterocycles. The lowest BCUT2D eigenvalue weighted by Gasteiger charge is -2.33. The second-order valence-corrected chi connectivity index (χ2v) is 7.45. The van der Waals surface area contributed by atoms with Crippen LogP contribution in [0.15, 0.2) is 0 Å². The van der Waals surface area contributed by atoms with Crippen LogP contribution in [-0.2, 0) is 9.59 Å². The number of fused-ring (bicyclic) bond motifs is 1. The third-order valence-electron chi connectivity index (χ3n) is 5.53. The highest BCUT2D eigenvalue weighted by Gasteiger charge is 2.47. The molecule has 3 aliphatic rings. The first-order chi connectivity index (χ1) is 10.8. The highest BCUT2D eigenvalue weighted by Crippen LogP contribution is 2.39. The molecule has 23 heavy (non-hydrogen) atoms. The van der Waals surface area contributed by atoms with Gasteiger partial charge in [-0.2, -0.15) is 0 Å². The Hall–Kier alpha value is -1.63. The van der Waals surface area contributed by atoms with E-state index in [1.54, 1.807) is 13.8 Å². The van der Waals surface area contributed by atoms with Crippen LogP contribution in [0.1, 0.15) is 46.0 Å². The van der Waals surface area contributed by atoms with Crippen LogP contribution >= 0.6 is 0 Å². The maximum absolute atomic E-state index is 12.2. The fourth-order valence-corrected chi connectivity index (χ4v) is 4.35. The van der Waals surface area contributed by atoms with Gasteiger partial charge in [0.25, 0.3) is 5.91 Å². The molecule has 0 bridgehead atoms. The van der Waals surface area contributed by atoms with Gasteiger partial charge in [0.05, 0.1) is 0 Å². The molecule has 2 aliphatic heterocycles. The number of aliphatic carboxylic acids is 1. The van der Waals surface area contributed by atoms with E-state index in [9.17, 15) is 19.5 Å². The van der Waals surface area contributed by atoms with Crippen molar-refractivity contribution in [1.82, 2.24) is 15.1 Å². The van der Waals surface area contributed by atoms with Gasteiger partial charge < -0.3 is 10.4 Å². The number of likely N-dealkylation sites (tertiary alicyclic amines) is 1. The predicted octanol–water partition coefficient (Wildman–Crippen LogP) is 1.03. The molecule has 0 unspecified atom stereocenters. The molecule has 2 saturated heterocycles. The Bertz CT molecular complexity index is 533. The van der Waals surface area contributed by atoms with E-state index in [2.05, 4.69) is 5.32 Å². The number of carboxylic acids is 1. The van der Waals surface area contributed by atoms with Gasteiger partial charge in [-0.1, -0.05) is 12.8 Å². The van der Waals surface area contributed by atoms with Crippen LogP contribution in [0.3, 0.4) is 0 Å². The summed E-state index contributed by atoms with van der Waals surface area (Å²) in [7, 11) is 0. The molecular formula is C16H25N3O4. The van der Waals surface area contributed by atoms with E-state index < -0.39 is 17.6 Å². The molecule has 2 N–H and O–H groups in total. The summed E-state index contributed by atoms with van der Waals surface area (Å²) in [5.74, 6) is -0.602. The van der Waals surface area contributed by atoms with E-state index in [0.717, 1.165) is 19.3 Å². The molecule has 0 spiro atoms. The first kappa shape index (κ1) is 16.2. The number of imide groups is 1. The molecule has 3 atom stereocenters. The molecule has 128 valence electrons. The van der Waals surface area contributed by atoms with Crippen LogP contribution in [0, 0.1) is 5.92 Å². The minimum atomic E-state index is -0.873. The molecular weight excluding hydrogens is 298 g/mol. The summed E-state index contributed by atoms with van der Waals surface area (Å²) in [4.78, 5) is 39.0. The topological polar surface area (TPSA) is 90.0 Å². The lowest BCUT2D eigenvalue weighted by molar-refractivity contribution is -0.142. The average molecular weight is 323 g/mol. The van der Waals surface area contributed by atoms with Gasteiger partial charge in [-0.05, 0) is 39.0 Å². The minimum absolute atomic E-state index is 0.242. The molecule has 0 aromatic rings. The molecule has 0 aromatic carbocycles. The molecule has 7 nitrogen and oxygen atoms in total. The largest absolute Gasteiger partial charge is 0.480 e. The normalized spacial score (nSPS) is 33.7. The van der Waals surface area contributed by atoms with Gasteiger partial charge in [-0.15, -0.1) is 0 Å². The van der Waals surface area contributed by atoms with Gasteiger partial charge in [-0.3, -0.25) is 19.4 Å². The Morgan fingerprint density at radius 3 is 2.57 bits per heavy atom. The van der Waals surface area contributed by atoms with Crippen molar-refractivity contribution in [3.8, 4) is 0 Å². The Morgan fingerprint density at radius 1 is 1.26 bits per heavy atom. The molecule has 3 amide bonds. The van der Waals surface area contributed by atoms with Crippen LogP contribution in [0.25, 0.3) is 0 Å². The molecule has 0 aromatic heterocycles. The number of amides is 3. The Kier molecular flexibility index (Phi) is 4.08. The lowest BCUT2D eigenvalue weighted by Crippen LogP contribution is -2.47. The first-order valence-corrected chi connectivity index (χ1v) is 8.44. The third-order valence-corrected chi connectivity index (χ3v) is 5.53. The maximum atomic E-state index is 12.2. The summed E-state index contributed by atoms with van der Waals surface area (Å²) in [5, 5.41) is 12.2. The molecule has 0 radical (unpaired) electrons. The number of carboxylic acid groups (broad SMARTS) is 1. The highest BCUT2D eigenvalue weighted by atomic mass is 16.4. The fourth-order valence-electron chi connectivity index (χ4n) is 4.35. The van der Waals surface area contributed by atoms with Crippen molar-refractivity contribution in [3.63, 3.8) is 0 Å². The first-order valence-electron chi connectivity index (χ1n) is 8.44. The summed E-state index contributed by atoms with van der Waals surface area (Å²) in [6.45, 7) is 4.05. The van der Waals surface area contributed by atoms with Gasteiger partial charge in [0.15, 0.2) is 0 Å². The van der Waals surface area contributed by atoms with Crippen molar-refractivity contribution in [3.05, 3.63) is 0 Å². The van der Waals surface area contributed by atoms with Gasteiger partial charge in [-0.25, -0.2) is 4.79 Å². The standard InChI is InChI=1S/C16H25N3O4/c1-16(2)14(22)19(15(23)17-16)8-7-18-11-6-4-3-5-10(11)9-12(18)13(20)21/h10-12H,3-9H2,1-2H3,(H,17,23)(H,20,21)/t10-,11+,12-/m0/s1. The maximum Gasteiger partial charge on any atom is 0.325 e. The predicted molar refractivity (Wildman–Crippen MR) is 82.8 cm³/mol. The van der Waals surface area contributed by atoms with E-state index in [1.807, 2.05) is 4.90 Å². The van der Waals surface area contributed by atoms with Gasteiger partial charge in [0.1, 0.15) is 11.6 Å². The van der Waals surface area contributed by atoms with Crippen molar-refractivity contribution >= 4 is 17.9 Å². The summed E-state index contributed by atoms with van der Waals surface area (Å²) in [6.07, 6.45) is 5.08. The van der Waals surface area contributed by atoms with E-state index >= 15 is 0 Å². The van der Waals surface area contributed by atoms with Crippen molar-refractivity contribution in [2.75, 3.05) is 13.1 Å². The van der Waals surface area contributed by atoms with Crippen molar-refractivity contribution in [2.24, 2.45) is 5.92 Å². The number of rotatable bonds is 4. The van der Waals surface area contributed by atoms with Crippen LogP contribution in [0.2, 0.25) is 0 Å². The fraction of sp³-hybridized carbons (Fsp3) is 0.812. The van der Waals surface area contributed by atoms with Gasteiger partial charge in [0.2, 0.25) is 0 Å². The zero-order chi connectivity index (χ0) is 16.8. The third kappa shape index (κ3) is 2.82. The number of urea groups is 1.